The first kappa shape index (κ1) is 25.2. The summed E-state index contributed by atoms with van der Waals surface area (Å²) in [6.45, 7) is 2.15. The van der Waals surface area contributed by atoms with Gasteiger partial charge < -0.3 is 0 Å². The molecule has 0 bridgehead atoms. The van der Waals surface area contributed by atoms with Crippen LogP contribution >= 0.6 is 0 Å². The van der Waals surface area contributed by atoms with Crippen molar-refractivity contribution in [3.8, 4) is 44.5 Å². The molecule has 0 fully saturated rings. The van der Waals surface area contributed by atoms with Crippen LogP contribution in [0.15, 0.2) is 158 Å². The monoisotopic (exact) mass is 547 g/mol. The Labute approximate surface area is 251 Å². The van der Waals surface area contributed by atoms with E-state index in [1.54, 1.807) is 0 Å². The quantitative estimate of drug-likeness (QED) is 0.200. The van der Waals surface area contributed by atoms with Crippen molar-refractivity contribution in [3.05, 3.63) is 164 Å². The molecule has 7 aromatic carbocycles. The summed E-state index contributed by atoms with van der Waals surface area (Å²) >= 11 is 0. The molecule has 0 aliphatic rings. The number of hydrogen-bond acceptors (Lipinski definition) is 1. The highest BCUT2D eigenvalue weighted by molar-refractivity contribution is 6.21. The number of rotatable bonds is 4. The lowest BCUT2D eigenvalue weighted by Crippen LogP contribution is -1.91. The predicted molar refractivity (Wildman–Crippen MR) is 183 cm³/mol. The molecule has 1 heterocycles. The van der Waals surface area contributed by atoms with E-state index in [4.69, 9.17) is 0 Å². The van der Waals surface area contributed by atoms with Crippen LogP contribution in [0.25, 0.3) is 76.8 Å². The molecule has 8 rings (SSSR count). The zero-order valence-electron chi connectivity index (χ0n) is 24.0. The minimum atomic E-state index is 1.12. The van der Waals surface area contributed by atoms with Gasteiger partial charge in [0.05, 0.1) is 0 Å². The molecule has 202 valence electrons. The van der Waals surface area contributed by atoms with E-state index in [0.29, 0.717) is 0 Å². The average Bonchev–Trinajstić information content (AvgIpc) is 3.07. The number of pyridine rings is 1. The first-order chi connectivity index (χ1) is 21.2. The Morgan fingerprint density at radius 2 is 0.860 bits per heavy atom. The Hall–Kier alpha value is -5.53. The van der Waals surface area contributed by atoms with Gasteiger partial charge in [-0.05, 0) is 102 Å². The van der Waals surface area contributed by atoms with Gasteiger partial charge in [0.15, 0.2) is 0 Å². The van der Waals surface area contributed by atoms with Gasteiger partial charge in [0.2, 0.25) is 0 Å². The first-order valence-corrected chi connectivity index (χ1v) is 14.8. The van der Waals surface area contributed by atoms with Crippen molar-refractivity contribution in [2.75, 3.05) is 0 Å². The van der Waals surface area contributed by atoms with E-state index in [1.165, 1.54) is 76.8 Å². The number of fused-ring (bicyclic) bond motifs is 3. The third kappa shape index (κ3) is 4.47. The second-order valence-electron chi connectivity index (χ2n) is 11.3. The van der Waals surface area contributed by atoms with Crippen LogP contribution in [-0.4, -0.2) is 4.98 Å². The molecule has 0 spiro atoms. The van der Waals surface area contributed by atoms with E-state index < -0.39 is 0 Å². The van der Waals surface area contributed by atoms with Crippen LogP contribution < -0.4 is 0 Å². The van der Waals surface area contributed by atoms with Gasteiger partial charge in [-0.1, -0.05) is 127 Å². The van der Waals surface area contributed by atoms with Gasteiger partial charge >= 0.3 is 0 Å². The van der Waals surface area contributed by atoms with Crippen molar-refractivity contribution in [2.24, 2.45) is 0 Å². The van der Waals surface area contributed by atoms with Gasteiger partial charge in [0, 0.05) is 18.0 Å². The summed E-state index contributed by atoms with van der Waals surface area (Å²) in [4.78, 5) is 4.32. The lowest BCUT2D eigenvalue weighted by molar-refractivity contribution is 1.33. The summed E-state index contributed by atoms with van der Waals surface area (Å²) in [7, 11) is 0. The van der Waals surface area contributed by atoms with Gasteiger partial charge in [0.1, 0.15) is 0 Å². The van der Waals surface area contributed by atoms with E-state index in [1.807, 2.05) is 18.5 Å². The smallest absolute Gasteiger partial charge is 0.0346 e. The van der Waals surface area contributed by atoms with Crippen molar-refractivity contribution in [1.29, 1.82) is 0 Å². The van der Waals surface area contributed by atoms with E-state index in [9.17, 15) is 0 Å². The molecule has 1 heteroatoms. The van der Waals surface area contributed by atoms with E-state index in [-0.39, 0.29) is 0 Å². The normalized spacial score (nSPS) is 11.4. The maximum absolute atomic E-state index is 4.32. The SMILES string of the molecule is Cc1ccc2cc(-c3c4ccccc4c(-c4cccc(-c5cccc(-c6cccnc6)c5)c4)c4ccccc34)ccc2c1. The van der Waals surface area contributed by atoms with Crippen molar-refractivity contribution in [3.63, 3.8) is 0 Å². The third-order valence-corrected chi connectivity index (χ3v) is 8.56. The molecular formula is C42H29N. The highest BCUT2D eigenvalue weighted by Crippen LogP contribution is 2.44. The number of aryl methyl sites for hydroxylation is 1. The molecular weight excluding hydrogens is 518 g/mol. The lowest BCUT2D eigenvalue weighted by Gasteiger charge is -2.18. The first-order valence-electron chi connectivity index (χ1n) is 14.8. The highest BCUT2D eigenvalue weighted by Gasteiger charge is 2.17. The van der Waals surface area contributed by atoms with Crippen LogP contribution in [0.5, 0.6) is 0 Å². The largest absolute Gasteiger partial charge is 0.264 e. The number of aromatic nitrogens is 1. The fourth-order valence-corrected chi connectivity index (χ4v) is 6.54. The molecule has 0 N–H and O–H groups in total. The molecule has 0 aliphatic heterocycles. The number of hydrogen-bond donors (Lipinski definition) is 0. The van der Waals surface area contributed by atoms with E-state index >= 15 is 0 Å². The second-order valence-corrected chi connectivity index (χ2v) is 11.3. The Morgan fingerprint density at radius 1 is 0.372 bits per heavy atom. The minimum absolute atomic E-state index is 1.12. The molecule has 0 unspecified atom stereocenters. The molecule has 0 amide bonds. The zero-order valence-corrected chi connectivity index (χ0v) is 24.0. The van der Waals surface area contributed by atoms with Gasteiger partial charge in [-0.25, -0.2) is 0 Å². The fraction of sp³-hybridized carbons (Fsp3) is 0.0238. The predicted octanol–water partition coefficient (Wildman–Crippen LogP) is 11.5. The molecule has 0 radical (unpaired) electrons. The van der Waals surface area contributed by atoms with Crippen molar-refractivity contribution >= 4 is 32.3 Å². The fourth-order valence-electron chi connectivity index (χ4n) is 6.54. The maximum Gasteiger partial charge on any atom is 0.0346 e. The molecule has 0 aliphatic carbocycles. The summed E-state index contributed by atoms with van der Waals surface area (Å²) in [5.41, 5.74) is 11.0. The molecule has 0 atom stereocenters. The van der Waals surface area contributed by atoms with Crippen LogP contribution in [-0.2, 0) is 0 Å². The van der Waals surface area contributed by atoms with Crippen LogP contribution in [0.1, 0.15) is 5.56 Å². The Kier molecular flexibility index (Phi) is 6.09. The zero-order chi connectivity index (χ0) is 28.8. The summed E-state index contributed by atoms with van der Waals surface area (Å²) in [5.74, 6) is 0. The molecule has 8 aromatic rings. The maximum atomic E-state index is 4.32. The topological polar surface area (TPSA) is 12.9 Å². The van der Waals surface area contributed by atoms with Gasteiger partial charge in [-0.15, -0.1) is 0 Å². The summed E-state index contributed by atoms with van der Waals surface area (Å²) in [5, 5.41) is 7.61. The Bertz CT molecular complexity index is 2240. The van der Waals surface area contributed by atoms with E-state index in [0.717, 1.165) is 5.56 Å². The van der Waals surface area contributed by atoms with Crippen molar-refractivity contribution < 1.29 is 0 Å². The minimum Gasteiger partial charge on any atom is -0.264 e. The van der Waals surface area contributed by atoms with Gasteiger partial charge in [0.25, 0.3) is 0 Å². The Morgan fingerprint density at radius 3 is 1.47 bits per heavy atom. The van der Waals surface area contributed by atoms with Crippen LogP contribution in [0.3, 0.4) is 0 Å². The van der Waals surface area contributed by atoms with E-state index in [2.05, 4.69) is 151 Å². The molecule has 0 saturated heterocycles. The number of benzene rings is 7. The summed E-state index contributed by atoms with van der Waals surface area (Å²) in [6.07, 6.45) is 3.74. The van der Waals surface area contributed by atoms with Crippen LogP contribution in [0.2, 0.25) is 0 Å². The lowest BCUT2D eigenvalue weighted by atomic mass is 9.85. The van der Waals surface area contributed by atoms with Crippen LogP contribution in [0.4, 0.5) is 0 Å². The number of nitrogens with zero attached hydrogens (tertiary/aromatic N) is 1. The molecule has 1 nitrogen and oxygen atoms in total. The van der Waals surface area contributed by atoms with Crippen molar-refractivity contribution in [2.45, 2.75) is 6.92 Å². The van der Waals surface area contributed by atoms with Gasteiger partial charge in [-0.2, -0.15) is 0 Å². The summed E-state index contributed by atoms with van der Waals surface area (Å²) < 4.78 is 0. The molecule has 1 aromatic heterocycles. The molecule has 43 heavy (non-hydrogen) atoms. The third-order valence-electron chi connectivity index (χ3n) is 8.56. The highest BCUT2D eigenvalue weighted by atomic mass is 14.6. The summed E-state index contributed by atoms with van der Waals surface area (Å²) in [6, 6.07) is 53.2. The Balaban J connectivity index is 1.34. The average molecular weight is 548 g/mol. The van der Waals surface area contributed by atoms with Crippen molar-refractivity contribution in [1.82, 2.24) is 4.98 Å². The van der Waals surface area contributed by atoms with Crippen LogP contribution in [0, 0.1) is 6.92 Å². The molecule has 0 saturated carbocycles. The van der Waals surface area contributed by atoms with Gasteiger partial charge in [-0.3, -0.25) is 4.98 Å². The second kappa shape index (κ2) is 10.4. The standard InChI is InChI=1S/C42H29N/c1-28-18-19-33-26-35(21-20-32(33)23-28)42-39-16-4-2-14-37(39)41(38-15-3-5-17-40(38)42)34-12-7-10-30(25-34)29-9-6-11-31(24-29)36-13-8-22-43-27-36/h2-27H,1H3.